The number of aliphatic hydroxyl groups excluding tert-OH is 1. The van der Waals surface area contributed by atoms with Crippen LogP contribution in [0.15, 0.2) is 24.3 Å². The van der Waals surface area contributed by atoms with Crippen LogP contribution in [0.1, 0.15) is 44.1 Å². The molecule has 31 heavy (non-hydrogen) atoms. The Morgan fingerprint density at radius 1 is 1.23 bits per heavy atom. The molecule has 2 unspecified atom stereocenters. The number of alkyl halides is 3. The molecule has 8 nitrogen and oxygen atoms in total. The van der Waals surface area contributed by atoms with Crippen molar-refractivity contribution in [1.29, 1.82) is 0 Å². The molecule has 1 aromatic rings. The molecule has 0 saturated heterocycles. The number of carbonyl (C=O) groups is 2. The van der Waals surface area contributed by atoms with E-state index in [2.05, 4.69) is 4.74 Å². The summed E-state index contributed by atoms with van der Waals surface area (Å²) in [7, 11) is 0. The monoisotopic (exact) mass is 448 g/mol. The Morgan fingerprint density at radius 2 is 1.81 bits per heavy atom. The Balaban J connectivity index is 1.94. The number of halogens is 3. The minimum Gasteiger partial charge on any atom is -0.406 e. The fraction of sp³-hybridized carbons (Fsp3) is 0.600. The van der Waals surface area contributed by atoms with E-state index in [1.807, 2.05) is 0 Å². The van der Waals surface area contributed by atoms with Crippen molar-refractivity contribution in [2.24, 2.45) is 17.6 Å². The van der Waals surface area contributed by atoms with Gasteiger partial charge in [0.1, 0.15) is 5.75 Å². The molecule has 0 bridgehead atoms. The number of nitrogens with one attached hydrogen (secondary N) is 1. The van der Waals surface area contributed by atoms with Gasteiger partial charge in [-0.1, -0.05) is 12.1 Å². The Hall–Kier alpha value is -2.37. The first-order valence-electron chi connectivity index (χ1n) is 9.92. The molecule has 2 atom stereocenters. The summed E-state index contributed by atoms with van der Waals surface area (Å²) >= 11 is 0. The minimum absolute atomic E-state index is 0.117. The Labute approximate surface area is 177 Å². The number of ether oxygens (including phenoxy) is 1. The van der Waals surface area contributed by atoms with E-state index < -0.39 is 41.7 Å². The molecule has 1 fully saturated rings. The summed E-state index contributed by atoms with van der Waals surface area (Å²) in [6.45, 7) is 0. The van der Waals surface area contributed by atoms with E-state index in [9.17, 15) is 33.0 Å². The van der Waals surface area contributed by atoms with Gasteiger partial charge in [-0.25, -0.2) is 5.48 Å². The highest BCUT2D eigenvalue weighted by Crippen LogP contribution is 2.39. The van der Waals surface area contributed by atoms with Crippen LogP contribution in [0, 0.1) is 11.8 Å². The van der Waals surface area contributed by atoms with Gasteiger partial charge in [-0.3, -0.25) is 14.8 Å². The largest absolute Gasteiger partial charge is 0.573 e. The smallest absolute Gasteiger partial charge is 0.406 e. The van der Waals surface area contributed by atoms with E-state index in [1.165, 1.54) is 17.6 Å². The van der Waals surface area contributed by atoms with Gasteiger partial charge in [0.05, 0.1) is 17.6 Å². The van der Waals surface area contributed by atoms with E-state index in [1.54, 1.807) is 0 Å². The summed E-state index contributed by atoms with van der Waals surface area (Å²) in [5.41, 5.74) is 5.95. The van der Waals surface area contributed by atoms with Gasteiger partial charge in [-0.15, -0.1) is 13.2 Å². The van der Waals surface area contributed by atoms with Crippen molar-refractivity contribution < 1.29 is 42.9 Å². The quantitative estimate of drug-likeness (QED) is 0.288. The van der Waals surface area contributed by atoms with Crippen molar-refractivity contribution in [3.05, 3.63) is 29.8 Å². The van der Waals surface area contributed by atoms with E-state index in [-0.39, 0.29) is 31.4 Å². The van der Waals surface area contributed by atoms with E-state index in [0.717, 1.165) is 12.1 Å². The molecule has 174 valence electrons. The zero-order chi connectivity index (χ0) is 23.2. The second-order valence-corrected chi connectivity index (χ2v) is 7.93. The molecule has 1 saturated carbocycles. The molecular weight excluding hydrogens is 421 g/mol. The number of primary amides is 1. The van der Waals surface area contributed by atoms with Crippen LogP contribution in [-0.2, 0) is 16.0 Å². The summed E-state index contributed by atoms with van der Waals surface area (Å²) in [5, 5.41) is 30.4. The molecule has 1 aromatic carbocycles. The average molecular weight is 448 g/mol. The lowest BCUT2D eigenvalue weighted by molar-refractivity contribution is -0.274. The third-order valence-corrected chi connectivity index (χ3v) is 5.76. The third-order valence-electron chi connectivity index (χ3n) is 5.76. The molecule has 0 heterocycles. The highest BCUT2D eigenvalue weighted by atomic mass is 19.4. The van der Waals surface area contributed by atoms with Gasteiger partial charge in [-0.2, -0.15) is 0 Å². The second-order valence-electron chi connectivity index (χ2n) is 7.93. The number of nitrogens with two attached hydrogens (primary N) is 1. The number of rotatable bonds is 9. The van der Waals surface area contributed by atoms with Crippen LogP contribution in [0.4, 0.5) is 13.2 Å². The third kappa shape index (κ3) is 7.37. The number of hydrogen-bond donors (Lipinski definition) is 5. The maximum absolute atomic E-state index is 12.2. The normalized spacial score (nSPS) is 23.6. The van der Waals surface area contributed by atoms with Gasteiger partial charge < -0.3 is 20.7 Å². The first-order valence-corrected chi connectivity index (χ1v) is 9.92. The van der Waals surface area contributed by atoms with Crippen LogP contribution >= 0.6 is 0 Å². The summed E-state index contributed by atoms with van der Waals surface area (Å²) in [5.74, 6) is -3.17. The fourth-order valence-electron chi connectivity index (χ4n) is 3.98. The second kappa shape index (κ2) is 10.3. The predicted molar refractivity (Wildman–Crippen MR) is 102 cm³/mol. The maximum atomic E-state index is 12.2. The summed E-state index contributed by atoms with van der Waals surface area (Å²) in [4.78, 5) is 23.5. The molecule has 1 aliphatic carbocycles. The highest BCUT2D eigenvalue weighted by molar-refractivity contribution is 5.79. The molecule has 1 aliphatic rings. The molecular formula is C20H27F3N2O6. The lowest BCUT2D eigenvalue weighted by Crippen LogP contribution is -2.50. The van der Waals surface area contributed by atoms with Crippen molar-refractivity contribution in [1.82, 2.24) is 5.48 Å². The number of hydroxylamine groups is 1. The van der Waals surface area contributed by atoms with Crippen molar-refractivity contribution >= 4 is 11.8 Å². The summed E-state index contributed by atoms with van der Waals surface area (Å²) in [6, 6.07) is 5.20. The van der Waals surface area contributed by atoms with Crippen LogP contribution < -0.4 is 16.0 Å². The van der Waals surface area contributed by atoms with Crippen molar-refractivity contribution in [3.8, 4) is 5.75 Å². The number of aryl methyl sites for hydroxylation is 1. The summed E-state index contributed by atoms with van der Waals surface area (Å²) < 4.78 is 40.4. The van der Waals surface area contributed by atoms with Gasteiger partial charge in [0.15, 0.2) is 0 Å². The first kappa shape index (κ1) is 24.9. The Morgan fingerprint density at radius 3 is 2.29 bits per heavy atom. The van der Waals surface area contributed by atoms with Crippen molar-refractivity contribution in [2.45, 2.75) is 63.0 Å². The Kier molecular flexibility index (Phi) is 8.27. The van der Waals surface area contributed by atoms with Crippen LogP contribution in [0.2, 0.25) is 0 Å². The van der Waals surface area contributed by atoms with Crippen LogP contribution in [0.25, 0.3) is 0 Å². The number of hydrogen-bond acceptors (Lipinski definition) is 6. The average Bonchev–Trinajstić information content (AvgIpc) is 2.70. The molecule has 0 spiro atoms. The molecule has 11 heteroatoms. The molecule has 0 aromatic heterocycles. The van der Waals surface area contributed by atoms with Gasteiger partial charge in [0, 0.05) is 5.92 Å². The van der Waals surface area contributed by atoms with Crippen molar-refractivity contribution in [3.63, 3.8) is 0 Å². The molecule has 2 amide bonds. The van der Waals surface area contributed by atoms with Gasteiger partial charge in [0.25, 0.3) is 0 Å². The van der Waals surface area contributed by atoms with Gasteiger partial charge in [0.2, 0.25) is 11.8 Å². The summed E-state index contributed by atoms with van der Waals surface area (Å²) in [6.07, 6.45) is -4.63. The first-order chi connectivity index (χ1) is 14.4. The molecule has 0 aliphatic heterocycles. The number of carbonyl (C=O) groups excluding carboxylic acids is 2. The molecule has 6 N–H and O–H groups in total. The number of aliphatic hydroxyl groups is 2. The lowest BCUT2D eigenvalue weighted by atomic mass is 9.70. The highest BCUT2D eigenvalue weighted by Gasteiger charge is 2.45. The molecule has 2 rings (SSSR count). The fourth-order valence-corrected chi connectivity index (χ4v) is 3.98. The zero-order valence-electron chi connectivity index (χ0n) is 16.8. The van der Waals surface area contributed by atoms with Gasteiger partial charge >= 0.3 is 6.36 Å². The van der Waals surface area contributed by atoms with Crippen LogP contribution in [0.5, 0.6) is 5.75 Å². The number of amides is 2. The lowest BCUT2D eigenvalue weighted by Gasteiger charge is -2.40. The topological polar surface area (TPSA) is 142 Å². The Bertz CT molecular complexity index is 748. The van der Waals surface area contributed by atoms with Crippen molar-refractivity contribution in [2.75, 3.05) is 0 Å². The SMILES string of the molecule is NC(=O)C1CCC(O)(C(CC(O)CCc2ccc(OC(F)(F)F)cc2)C(=O)NO)CC1. The number of benzene rings is 1. The van der Waals surface area contributed by atoms with E-state index in [0.29, 0.717) is 24.8 Å². The van der Waals surface area contributed by atoms with Crippen LogP contribution in [0.3, 0.4) is 0 Å². The zero-order valence-corrected chi connectivity index (χ0v) is 16.8. The molecule has 0 radical (unpaired) electrons. The van der Waals surface area contributed by atoms with E-state index in [4.69, 9.17) is 10.9 Å². The van der Waals surface area contributed by atoms with Crippen LogP contribution in [-0.4, -0.2) is 45.3 Å². The maximum Gasteiger partial charge on any atom is 0.573 e. The predicted octanol–water partition coefficient (Wildman–Crippen LogP) is 1.80. The van der Waals surface area contributed by atoms with E-state index >= 15 is 0 Å². The standard InChI is InChI=1S/C20H27F3N2O6/c21-20(22,23)31-15-5-2-12(3-6-15)1-4-14(26)11-16(18(28)25-30)19(29)9-7-13(8-10-19)17(24)27/h2-3,5-6,13-14,16,26,29-30H,1,4,7-11H2,(H2,24,27)(H,25,28). The van der Waals surface area contributed by atoms with Gasteiger partial charge in [-0.05, 0) is 62.6 Å². The minimum atomic E-state index is -4.78.